The van der Waals surface area contributed by atoms with Crippen molar-refractivity contribution in [3.63, 3.8) is 0 Å². The van der Waals surface area contributed by atoms with E-state index in [2.05, 4.69) is 15.5 Å². The number of aryl methyl sites for hydroxylation is 1. The van der Waals surface area contributed by atoms with Gasteiger partial charge in [-0.15, -0.1) is 10.2 Å². The molecule has 0 aliphatic heterocycles. The summed E-state index contributed by atoms with van der Waals surface area (Å²) in [5.41, 5.74) is -0.532. The summed E-state index contributed by atoms with van der Waals surface area (Å²) in [4.78, 5) is 24.5. The van der Waals surface area contributed by atoms with Gasteiger partial charge in [0.1, 0.15) is 12.2 Å². The van der Waals surface area contributed by atoms with Crippen molar-refractivity contribution in [3.05, 3.63) is 12.2 Å². The van der Waals surface area contributed by atoms with Gasteiger partial charge in [-0.3, -0.25) is 9.59 Å². The van der Waals surface area contributed by atoms with Gasteiger partial charge in [0.05, 0.1) is 12.6 Å². The van der Waals surface area contributed by atoms with Crippen molar-refractivity contribution < 1.29 is 14.3 Å². The molecular weight excluding hydrogens is 272 g/mol. The molecule has 0 radical (unpaired) electrons. The summed E-state index contributed by atoms with van der Waals surface area (Å²) in [7, 11) is 1.80. The minimum atomic E-state index is -0.867. The Bertz CT molecular complexity index is 505. The SMILES string of the molecule is CCOC(=O)C(C(=O)NC(C)c1nncn1C)C(C)(C)C. The van der Waals surface area contributed by atoms with Crippen LogP contribution in [0.5, 0.6) is 0 Å². The van der Waals surface area contributed by atoms with Gasteiger partial charge in [-0.25, -0.2) is 0 Å². The van der Waals surface area contributed by atoms with Crippen molar-refractivity contribution >= 4 is 11.9 Å². The lowest BCUT2D eigenvalue weighted by Gasteiger charge is -2.28. The minimum absolute atomic E-state index is 0.248. The van der Waals surface area contributed by atoms with Crippen molar-refractivity contribution in [2.45, 2.75) is 40.7 Å². The molecule has 0 bridgehead atoms. The van der Waals surface area contributed by atoms with E-state index in [9.17, 15) is 9.59 Å². The molecule has 21 heavy (non-hydrogen) atoms. The number of ether oxygens (including phenoxy) is 1. The van der Waals surface area contributed by atoms with Crippen LogP contribution in [0.2, 0.25) is 0 Å². The molecule has 2 unspecified atom stereocenters. The molecule has 1 aromatic rings. The number of esters is 1. The largest absolute Gasteiger partial charge is 0.465 e. The highest BCUT2D eigenvalue weighted by Crippen LogP contribution is 2.28. The molecule has 0 spiro atoms. The maximum Gasteiger partial charge on any atom is 0.319 e. The van der Waals surface area contributed by atoms with Crippen LogP contribution in [0.4, 0.5) is 0 Å². The molecule has 1 heterocycles. The first-order valence-electron chi connectivity index (χ1n) is 6.99. The molecular formula is C14H24N4O3. The lowest BCUT2D eigenvalue weighted by Crippen LogP contribution is -2.44. The van der Waals surface area contributed by atoms with Crippen LogP contribution in [0.1, 0.15) is 46.5 Å². The Kier molecular flexibility index (Phi) is 5.46. The molecule has 7 heteroatoms. The number of aromatic nitrogens is 3. The second-order valence-electron chi connectivity index (χ2n) is 6.08. The van der Waals surface area contributed by atoms with E-state index < -0.39 is 17.3 Å². The molecule has 0 aliphatic rings. The summed E-state index contributed by atoms with van der Waals surface area (Å²) >= 11 is 0. The van der Waals surface area contributed by atoms with Crippen LogP contribution in [0.25, 0.3) is 0 Å². The molecule has 7 nitrogen and oxygen atoms in total. The number of nitrogens with one attached hydrogen (secondary N) is 1. The summed E-state index contributed by atoms with van der Waals surface area (Å²) in [6.07, 6.45) is 1.56. The predicted molar refractivity (Wildman–Crippen MR) is 77.1 cm³/mol. The molecule has 0 aliphatic carbocycles. The van der Waals surface area contributed by atoms with E-state index in [-0.39, 0.29) is 18.6 Å². The van der Waals surface area contributed by atoms with Gasteiger partial charge in [0.2, 0.25) is 5.91 Å². The maximum absolute atomic E-state index is 12.5. The van der Waals surface area contributed by atoms with Gasteiger partial charge < -0.3 is 14.6 Å². The summed E-state index contributed by atoms with van der Waals surface area (Å²) in [5.74, 6) is -1.11. The second-order valence-corrected chi connectivity index (χ2v) is 6.08. The van der Waals surface area contributed by atoms with Crippen molar-refractivity contribution in [3.8, 4) is 0 Å². The molecule has 1 rings (SSSR count). The number of carbonyl (C=O) groups is 2. The van der Waals surface area contributed by atoms with E-state index in [0.717, 1.165) is 0 Å². The van der Waals surface area contributed by atoms with Crippen LogP contribution in [0.15, 0.2) is 6.33 Å². The molecule has 1 amide bonds. The van der Waals surface area contributed by atoms with Gasteiger partial charge in [-0.1, -0.05) is 20.8 Å². The number of carbonyl (C=O) groups excluding carboxylic acids is 2. The lowest BCUT2D eigenvalue weighted by atomic mass is 9.80. The summed E-state index contributed by atoms with van der Waals surface area (Å²) in [6, 6.07) is -0.343. The number of nitrogens with zero attached hydrogens (tertiary/aromatic N) is 3. The van der Waals surface area contributed by atoms with Crippen LogP contribution in [-0.2, 0) is 21.4 Å². The van der Waals surface area contributed by atoms with E-state index in [1.165, 1.54) is 0 Å². The highest BCUT2D eigenvalue weighted by Gasteiger charge is 2.39. The zero-order valence-corrected chi connectivity index (χ0v) is 13.5. The average molecular weight is 296 g/mol. The highest BCUT2D eigenvalue weighted by atomic mass is 16.5. The van der Waals surface area contributed by atoms with E-state index in [0.29, 0.717) is 5.82 Å². The Morgan fingerprint density at radius 2 is 2.05 bits per heavy atom. The Balaban J connectivity index is 2.87. The van der Waals surface area contributed by atoms with Gasteiger partial charge in [-0.2, -0.15) is 0 Å². The first-order chi connectivity index (χ1) is 9.68. The first-order valence-corrected chi connectivity index (χ1v) is 6.99. The summed E-state index contributed by atoms with van der Waals surface area (Å²) < 4.78 is 6.74. The Morgan fingerprint density at radius 1 is 1.43 bits per heavy atom. The number of amides is 1. The van der Waals surface area contributed by atoms with Crippen LogP contribution in [-0.4, -0.2) is 33.2 Å². The number of hydrogen-bond donors (Lipinski definition) is 1. The quantitative estimate of drug-likeness (QED) is 0.652. The minimum Gasteiger partial charge on any atom is -0.465 e. The normalized spacial score (nSPS) is 14.4. The smallest absolute Gasteiger partial charge is 0.319 e. The molecule has 1 aromatic heterocycles. The molecule has 1 N–H and O–H groups in total. The van der Waals surface area contributed by atoms with E-state index in [1.807, 2.05) is 20.8 Å². The molecule has 0 saturated heterocycles. The van der Waals surface area contributed by atoms with Crippen molar-refractivity contribution in [1.82, 2.24) is 20.1 Å². The van der Waals surface area contributed by atoms with Crippen molar-refractivity contribution in [1.29, 1.82) is 0 Å². The van der Waals surface area contributed by atoms with Gasteiger partial charge in [0, 0.05) is 7.05 Å². The van der Waals surface area contributed by atoms with Gasteiger partial charge in [0.25, 0.3) is 0 Å². The van der Waals surface area contributed by atoms with Gasteiger partial charge in [0.15, 0.2) is 5.82 Å². The monoisotopic (exact) mass is 296 g/mol. The van der Waals surface area contributed by atoms with Gasteiger partial charge in [-0.05, 0) is 19.3 Å². The third-order valence-corrected chi connectivity index (χ3v) is 3.14. The zero-order valence-electron chi connectivity index (χ0n) is 13.5. The zero-order chi connectivity index (χ0) is 16.2. The standard InChI is InChI=1S/C14H24N4O3/c1-7-21-13(20)10(14(3,4)5)12(19)16-9(2)11-17-15-8-18(11)6/h8-10H,7H2,1-6H3,(H,16,19). The van der Waals surface area contributed by atoms with Crippen LogP contribution in [0.3, 0.4) is 0 Å². The molecule has 0 saturated carbocycles. The van der Waals surface area contributed by atoms with Crippen LogP contribution < -0.4 is 5.32 Å². The Hall–Kier alpha value is -1.92. The average Bonchev–Trinajstić information content (AvgIpc) is 2.73. The van der Waals surface area contributed by atoms with Crippen molar-refractivity contribution in [2.24, 2.45) is 18.4 Å². The van der Waals surface area contributed by atoms with E-state index in [4.69, 9.17) is 4.74 Å². The predicted octanol–water partition coefficient (Wildman–Crippen LogP) is 1.22. The molecule has 0 fully saturated rings. The topological polar surface area (TPSA) is 86.1 Å². The highest BCUT2D eigenvalue weighted by molar-refractivity contribution is 5.98. The fourth-order valence-corrected chi connectivity index (χ4v) is 2.12. The second kappa shape index (κ2) is 6.69. The third-order valence-electron chi connectivity index (χ3n) is 3.14. The third kappa shape index (κ3) is 4.27. The first kappa shape index (κ1) is 17.1. The summed E-state index contributed by atoms with van der Waals surface area (Å²) in [5, 5.41) is 10.5. The van der Waals surface area contributed by atoms with Crippen LogP contribution >= 0.6 is 0 Å². The summed E-state index contributed by atoms with van der Waals surface area (Å²) in [6.45, 7) is 9.27. The fourth-order valence-electron chi connectivity index (χ4n) is 2.12. The van der Waals surface area contributed by atoms with Crippen LogP contribution in [0, 0.1) is 11.3 Å². The molecule has 118 valence electrons. The maximum atomic E-state index is 12.5. The molecule has 2 atom stereocenters. The van der Waals surface area contributed by atoms with E-state index >= 15 is 0 Å². The molecule has 0 aromatic carbocycles. The fraction of sp³-hybridized carbons (Fsp3) is 0.714. The van der Waals surface area contributed by atoms with E-state index in [1.54, 1.807) is 31.8 Å². The lowest BCUT2D eigenvalue weighted by molar-refractivity contribution is -0.156. The number of rotatable bonds is 5. The van der Waals surface area contributed by atoms with Crippen molar-refractivity contribution in [2.75, 3.05) is 6.61 Å². The van der Waals surface area contributed by atoms with Gasteiger partial charge >= 0.3 is 5.97 Å². The Morgan fingerprint density at radius 3 is 2.48 bits per heavy atom. The number of hydrogen-bond acceptors (Lipinski definition) is 5. The Labute approximate surface area is 125 Å².